The van der Waals surface area contributed by atoms with Gasteiger partial charge in [0.2, 0.25) is 11.9 Å². The van der Waals surface area contributed by atoms with Crippen molar-refractivity contribution in [1.29, 1.82) is 0 Å². The predicted molar refractivity (Wildman–Crippen MR) is 113 cm³/mol. The molecule has 0 spiro atoms. The van der Waals surface area contributed by atoms with Crippen LogP contribution in [0.25, 0.3) is 0 Å². The number of carbonyl (C=O) groups is 1. The van der Waals surface area contributed by atoms with Crippen LogP contribution in [0.2, 0.25) is 0 Å². The van der Waals surface area contributed by atoms with Crippen LogP contribution in [0.3, 0.4) is 0 Å². The molecule has 1 saturated heterocycles. The Hall–Kier alpha value is -2.06. The van der Waals surface area contributed by atoms with E-state index in [1.54, 1.807) is 0 Å². The minimum atomic E-state index is -0.0364. The zero-order chi connectivity index (χ0) is 20.1. The number of morpholine rings is 1. The van der Waals surface area contributed by atoms with Crippen LogP contribution in [0.5, 0.6) is 0 Å². The number of rotatable bonds is 7. The summed E-state index contributed by atoms with van der Waals surface area (Å²) in [6.45, 7) is 12.3. The summed E-state index contributed by atoms with van der Waals surface area (Å²) in [5.41, 5.74) is 3.12. The normalized spacial score (nSPS) is 14.5. The number of hydrogen-bond acceptors (Lipinski definition) is 6. The molecule has 1 aromatic heterocycles. The van der Waals surface area contributed by atoms with Crippen LogP contribution in [0.4, 0.5) is 11.6 Å². The van der Waals surface area contributed by atoms with E-state index in [0.29, 0.717) is 24.9 Å². The lowest BCUT2D eigenvalue weighted by molar-refractivity contribution is -0.113. The van der Waals surface area contributed by atoms with Gasteiger partial charge < -0.3 is 15.0 Å². The Labute approximate surface area is 170 Å². The lowest BCUT2D eigenvalue weighted by Crippen LogP contribution is -2.38. The molecule has 28 heavy (non-hydrogen) atoms. The quantitative estimate of drug-likeness (QED) is 0.716. The second kappa shape index (κ2) is 9.43. The maximum absolute atomic E-state index is 12.5. The highest BCUT2D eigenvalue weighted by Crippen LogP contribution is 2.25. The van der Waals surface area contributed by atoms with E-state index in [4.69, 9.17) is 4.74 Å². The van der Waals surface area contributed by atoms with Crippen molar-refractivity contribution in [2.24, 2.45) is 5.92 Å². The number of nitrogens with one attached hydrogen (secondary N) is 1. The molecule has 0 radical (unpaired) electrons. The van der Waals surface area contributed by atoms with E-state index >= 15 is 0 Å². The summed E-state index contributed by atoms with van der Waals surface area (Å²) < 4.78 is 7.58. The lowest BCUT2D eigenvalue weighted by atomic mass is 10.1. The van der Waals surface area contributed by atoms with Gasteiger partial charge >= 0.3 is 0 Å². The van der Waals surface area contributed by atoms with Gasteiger partial charge in [-0.1, -0.05) is 37.7 Å². The van der Waals surface area contributed by atoms with Crippen molar-refractivity contribution >= 4 is 29.3 Å². The standard InChI is InChI=1S/C20H29N5O2S/c1-14(2)12-25-19(24-8-10-27-11-9-24)22-23-20(25)28-13-18(26)21-17-7-5-6-15(3)16(17)4/h5-7,14H,8-13H2,1-4H3,(H,21,26). The number of thioether (sulfide) groups is 1. The maximum Gasteiger partial charge on any atom is 0.234 e. The second-order valence-corrected chi connectivity index (χ2v) is 8.41. The highest BCUT2D eigenvalue weighted by Gasteiger charge is 2.21. The Kier molecular flexibility index (Phi) is 6.96. The van der Waals surface area contributed by atoms with E-state index in [2.05, 4.69) is 38.8 Å². The molecular weight excluding hydrogens is 374 g/mol. The van der Waals surface area contributed by atoms with Crippen LogP contribution in [-0.4, -0.2) is 52.7 Å². The molecule has 1 aromatic carbocycles. The Bertz CT molecular complexity index is 815. The van der Waals surface area contributed by atoms with E-state index < -0.39 is 0 Å². The van der Waals surface area contributed by atoms with E-state index in [0.717, 1.165) is 47.6 Å². The van der Waals surface area contributed by atoms with Gasteiger partial charge in [-0.2, -0.15) is 0 Å². The van der Waals surface area contributed by atoms with Gasteiger partial charge in [-0.25, -0.2) is 0 Å². The predicted octanol–water partition coefficient (Wildman–Crippen LogP) is 3.12. The average molecular weight is 404 g/mol. The van der Waals surface area contributed by atoms with Crippen LogP contribution >= 0.6 is 11.8 Å². The third-order valence-electron chi connectivity index (χ3n) is 4.75. The molecule has 0 saturated carbocycles. The van der Waals surface area contributed by atoms with Gasteiger partial charge in [-0.05, 0) is 37.0 Å². The molecule has 7 nitrogen and oxygen atoms in total. The smallest absolute Gasteiger partial charge is 0.234 e. The Balaban J connectivity index is 1.68. The van der Waals surface area contributed by atoms with Crippen molar-refractivity contribution in [2.45, 2.75) is 39.4 Å². The van der Waals surface area contributed by atoms with Crippen LogP contribution in [0, 0.1) is 19.8 Å². The first-order valence-corrected chi connectivity index (χ1v) is 10.7. The highest BCUT2D eigenvalue weighted by atomic mass is 32.2. The summed E-state index contributed by atoms with van der Waals surface area (Å²) in [7, 11) is 0. The molecule has 8 heteroatoms. The third-order valence-corrected chi connectivity index (χ3v) is 5.72. The number of aryl methyl sites for hydroxylation is 1. The first-order valence-electron chi connectivity index (χ1n) is 9.70. The van der Waals surface area contributed by atoms with Crippen LogP contribution in [-0.2, 0) is 16.1 Å². The molecule has 2 aromatic rings. The molecular formula is C20H29N5O2S. The monoisotopic (exact) mass is 403 g/mol. The van der Waals surface area contributed by atoms with Crippen molar-refractivity contribution in [1.82, 2.24) is 14.8 Å². The number of ether oxygens (including phenoxy) is 1. The fourth-order valence-electron chi connectivity index (χ4n) is 3.11. The fourth-order valence-corrected chi connectivity index (χ4v) is 3.86. The topological polar surface area (TPSA) is 72.3 Å². The SMILES string of the molecule is Cc1cccc(NC(=O)CSc2nnc(N3CCOCC3)n2CC(C)C)c1C. The van der Waals surface area contributed by atoms with Gasteiger partial charge in [0.25, 0.3) is 0 Å². The van der Waals surface area contributed by atoms with Gasteiger partial charge in [0.1, 0.15) is 0 Å². The van der Waals surface area contributed by atoms with E-state index in [1.807, 2.05) is 32.0 Å². The van der Waals surface area contributed by atoms with Gasteiger partial charge in [-0.3, -0.25) is 9.36 Å². The Morgan fingerprint density at radius 3 is 2.71 bits per heavy atom. The fraction of sp³-hybridized carbons (Fsp3) is 0.550. The average Bonchev–Trinajstić information content (AvgIpc) is 3.06. The molecule has 3 rings (SSSR count). The number of carbonyl (C=O) groups excluding carboxylic acids is 1. The zero-order valence-electron chi connectivity index (χ0n) is 17.1. The van der Waals surface area contributed by atoms with Crippen molar-refractivity contribution in [3.63, 3.8) is 0 Å². The summed E-state index contributed by atoms with van der Waals surface area (Å²) in [5, 5.41) is 12.6. The largest absolute Gasteiger partial charge is 0.378 e. The molecule has 1 N–H and O–H groups in total. The van der Waals surface area contributed by atoms with E-state index in [-0.39, 0.29) is 5.91 Å². The molecule has 0 bridgehead atoms. The second-order valence-electron chi connectivity index (χ2n) is 7.47. The number of anilines is 2. The third kappa shape index (κ3) is 5.05. The van der Waals surface area contributed by atoms with Gasteiger partial charge in [0, 0.05) is 25.3 Å². The number of hydrogen-bond donors (Lipinski definition) is 1. The highest BCUT2D eigenvalue weighted by molar-refractivity contribution is 7.99. The summed E-state index contributed by atoms with van der Waals surface area (Å²) >= 11 is 1.43. The molecule has 1 aliphatic rings. The lowest BCUT2D eigenvalue weighted by Gasteiger charge is -2.28. The summed E-state index contributed by atoms with van der Waals surface area (Å²) in [6.07, 6.45) is 0. The molecule has 0 aliphatic carbocycles. The van der Waals surface area contributed by atoms with Gasteiger partial charge in [0.05, 0.1) is 19.0 Å². The first kappa shape index (κ1) is 20.7. The molecule has 1 fully saturated rings. The summed E-state index contributed by atoms with van der Waals surface area (Å²) in [5.74, 6) is 1.59. The first-order chi connectivity index (χ1) is 13.5. The van der Waals surface area contributed by atoms with Crippen LogP contribution in [0.1, 0.15) is 25.0 Å². The molecule has 1 aliphatic heterocycles. The molecule has 2 heterocycles. The molecule has 0 atom stereocenters. The van der Waals surface area contributed by atoms with Crippen LogP contribution < -0.4 is 10.2 Å². The maximum atomic E-state index is 12.5. The summed E-state index contributed by atoms with van der Waals surface area (Å²) in [6, 6.07) is 5.93. The van der Waals surface area contributed by atoms with Crippen LogP contribution in [0.15, 0.2) is 23.4 Å². The molecule has 152 valence electrons. The van der Waals surface area contributed by atoms with Crippen molar-refractivity contribution in [2.75, 3.05) is 42.3 Å². The zero-order valence-corrected chi connectivity index (χ0v) is 17.9. The van der Waals surface area contributed by atoms with Crippen molar-refractivity contribution < 1.29 is 9.53 Å². The number of aromatic nitrogens is 3. The molecule has 1 amide bonds. The minimum absolute atomic E-state index is 0.0364. The number of nitrogens with zero attached hydrogens (tertiary/aromatic N) is 4. The number of benzene rings is 1. The van der Waals surface area contributed by atoms with Gasteiger partial charge in [-0.15, -0.1) is 10.2 Å². The number of amides is 1. The van der Waals surface area contributed by atoms with Crippen molar-refractivity contribution in [3.05, 3.63) is 29.3 Å². The molecule has 0 unspecified atom stereocenters. The summed E-state index contributed by atoms with van der Waals surface area (Å²) in [4.78, 5) is 14.7. The Morgan fingerprint density at radius 1 is 1.25 bits per heavy atom. The van der Waals surface area contributed by atoms with E-state index in [1.165, 1.54) is 11.8 Å². The minimum Gasteiger partial charge on any atom is -0.378 e. The Morgan fingerprint density at radius 2 is 2.00 bits per heavy atom. The van der Waals surface area contributed by atoms with E-state index in [9.17, 15) is 4.79 Å². The van der Waals surface area contributed by atoms with Gasteiger partial charge in [0.15, 0.2) is 5.16 Å². The van der Waals surface area contributed by atoms with Crippen molar-refractivity contribution in [3.8, 4) is 0 Å².